The number of aromatic nitrogens is 2. The molecule has 1 unspecified atom stereocenters. The Bertz CT molecular complexity index is 941. The molecule has 1 heterocycles. The Morgan fingerprint density at radius 2 is 1.85 bits per heavy atom. The summed E-state index contributed by atoms with van der Waals surface area (Å²) < 4.78 is 38.2. The van der Waals surface area contributed by atoms with E-state index < -0.39 is 17.1 Å². The fraction of sp³-hybridized carbons (Fsp3) is 0.167. The molecular formula is C18H14F3N3OS. The van der Waals surface area contributed by atoms with Gasteiger partial charge in [-0.2, -0.15) is 13.2 Å². The average Bonchev–Trinajstić information content (AvgIpc) is 2.61. The number of thioether (sulfide) groups is 1. The maximum Gasteiger partial charge on any atom is 0.433 e. The van der Waals surface area contributed by atoms with Crippen molar-refractivity contribution in [3.05, 3.63) is 60.4 Å². The number of hydrogen-bond donors (Lipinski definition) is 1. The van der Waals surface area contributed by atoms with Crippen molar-refractivity contribution in [2.45, 2.75) is 23.5 Å². The molecule has 0 fully saturated rings. The fourth-order valence-corrected chi connectivity index (χ4v) is 3.09. The highest BCUT2D eigenvalue weighted by Crippen LogP contribution is 2.30. The molecule has 1 amide bonds. The normalized spacial score (nSPS) is 12.8. The molecule has 3 rings (SSSR count). The number of amides is 1. The van der Waals surface area contributed by atoms with Gasteiger partial charge in [0.2, 0.25) is 5.91 Å². The lowest BCUT2D eigenvalue weighted by atomic mass is 10.1. The monoisotopic (exact) mass is 377 g/mol. The molecule has 2 aromatic carbocycles. The highest BCUT2D eigenvalue weighted by atomic mass is 32.2. The zero-order valence-electron chi connectivity index (χ0n) is 13.6. The predicted molar refractivity (Wildman–Crippen MR) is 94.9 cm³/mol. The van der Waals surface area contributed by atoms with Crippen LogP contribution in [0.4, 0.5) is 18.9 Å². The molecule has 0 saturated carbocycles. The fourth-order valence-electron chi connectivity index (χ4n) is 2.34. The molecule has 1 aromatic heterocycles. The van der Waals surface area contributed by atoms with Crippen molar-refractivity contribution in [2.75, 3.05) is 5.32 Å². The standard InChI is InChI=1S/C18H14F3N3OS/c1-11(26-17-22-10-9-15(24-17)18(19,20)21)16(25)23-14-8-4-6-12-5-2-3-7-13(12)14/h2-11H,1H3,(H,23,25). The minimum Gasteiger partial charge on any atom is -0.325 e. The van der Waals surface area contributed by atoms with E-state index in [-0.39, 0.29) is 11.1 Å². The van der Waals surface area contributed by atoms with E-state index in [1.165, 1.54) is 0 Å². The van der Waals surface area contributed by atoms with E-state index in [1.807, 2.05) is 36.4 Å². The van der Waals surface area contributed by atoms with Gasteiger partial charge in [-0.05, 0) is 24.4 Å². The molecule has 0 aliphatic rings. The molecule has 3 aromatic rings. The second-order valence-corrected chi connectivity index (χ2v) is 6.81. The molecule has 1 atom stereocenters. The summed E-state index contributed by atoms with van der Waals surface area (Å²) in [5, 5.41) is 3.91. The minimum atomic E-state index is -4.55. The van der Waals surface area contributed by atoms with Crippen molar-refractivity contribution in [1.82, 2.24) is 9.97 Å². The van der Waals surface area contributed by atoms with Crippen molar-refractivity contribution in [2.24, 2.45) is 0 Å². The Hall–Kier alpha value is -2.61. The van der Waals surface area contributed by atoms with Crippen molar-refractivity contribution < 1.29 is 18.0 Å². The van der Waals surface area contributed by atoms with E-state index in [9.17, 15) is 18.0 Å². The van der Waals surface area contributed by atoms with Gasteiger partial charge in [-0.15, -0.1) is 0 Å². The number of hydrogen-bond acceptors (Lipinski definition) is 4. The highest BCUT2D eigenvalue weighted by molar-refractivity contribution is 8.00. The topological polar surface area (TPSA) is 54.9 Å². The van der Waals surface area contributed by atoms with Gasteiger partial charge in [0.15, 0.2) is 5.16 Å². The van der Waals surface area contributed by atoms with Crippen LogP contribution in [0.5, 0.6) is 0 Å². The Balaban J connectivity index is 1.74. The number of anilines is 1. The third-order valence-corrected chi connectivity index (χ3v) is 4.60. The number of halogens is 3. The number of nitrogens with zero attached hydrogens (tertiary/aromatic N) is 2. The first kappa shape index (κ1) is 18.2. The van der Waals surface area contributed by atoms with Crippen LogP contribution in [-0.4, -0.2) is 21.1 Å². The second-order valence-electron chi connectivity index (χ2n) is 5.50. The third kappa shape index (κ3) is 4.13. The molecule has 0 spiro atoms. The number of alkyl halides is 3. The summed E-state index contributed by atoms with van der Waals surface area (Å²) in [6.07, 6.45) is -3.51. The largest absolute Gasteiger partial charge is 0.433 e. The Morgan fingerprint density at radius 1 is 1.12 bits per heavy atom. The van der Waals surface area contributed by atoms with Gasteiger partial charge in [-0.3, -0.25) is 4.79 Å². The Morgan fingerprint density at radius 3 is 2.62 bits per heavy atom. The van der Waals surface area contributed by atoms with Crippen molar-refractivity contribution >= 4 is 34.1 Å². The van der Waals surface area contributed by atoms with Crippen molar-refractivity contribution in [1.29, 1.82) is 0 Å². The van der Waals surface area contributed by atoms with E-state index in [2.05, 4.69) is 15.3 Å². The minimum absolute atomic E-state index is 0.0969. The smallest absolute Gasteiger partial charge is 0.325 e. The first-order valence-corrected chi connectivity index (χ1v) is 8.58. The number of carbonyl (C=O) groups is 1. The first-order chi connectivity index (χ1) is 12.3. The van der Waals surface area contributed by atoms with E-state index in [0.29, 0.717) is 5.69 Å². The van der Waals surface area contributed by atoms with E-state index in [1.54, 1.807) is 13.0 Å². The number of nitrogens with one attached hydrogen (secondary N) is 1. The molecule has 1 N–H and O–H groups in total. The molecule has 4 nitrogen and oxygen atoms in total. The molecule has 0 saturated heterocycles. The zero-order valence-corrected chi connectivity index (χ0v) is 14.4. The van der Waals surface area contributed by atoms with Crippen LogP contribution in [0, 0.1) is 0 Å². The molecule has 134 valence electrons. The van der Waals surface area contributed by atoms with Crippen LogP contribution < -0.4 is 5.32 Å². The predicted octanol–water partition coefficient (Wildman–Crippen LogP) is 4.77. The Kier molecular flexibility index (Phi) is 5.13. The average molecular weight is 377 g/mol. The second kappa shape index (κ2) is 7.33. The van der Waals surface area contributed by atoms with Gasteiger partial charge in [0.25, 0.3) is 0 Å². The summed E-state index contributed by atoms with van der Waals surface area (Å²) in [4.78, 5) is 19.7. The van der Waals surface area contributed by atoms with Gasteiger partial charge >= 0.3 is 6.18 Å². The molecule has 0 aliphatic carbocycles. The maximum absolute atomic E-state index is 12.7. The molecular weight excluding hydrogens is 363 g/mol. The van der Waals surface area contributed by atoms with Gasteiger partial charge in [-0.1, -0.05) is 48.2 Å². The molecule has 8 heteroatoms. The van der Waals surface area contributed by atoms with Gasteiger partial charge in [-0.25, -0.2) is 9.97 Å². The van der Waals surface area contributed by atoms with Crippen LogP contribution in [-0.2, 0) is 11.0 Å². The molecule has 26 heavy (non-hydrogen) atoms. The summed E-state index contributed by atoms with van der Waals surface area (Å²) in [6.45, 7) is 1.59. The van der Waals surface area contributed by atoms with Crippen LogP contribution >= 0.6 is 11.8 Å². The van der Waals surface area contributed by atoms with E-state index in [4.69, 9.17) is 0 Å². The Labute approximate surface area is 151 Å². The highest BCUT2D eigenvalue weighted by Gasteiger charge is 2.33. The van der Waals surface area contributed by atoms with Crippen LogP contribution in [0.15, 0.2) is 59.9 Å². The number of fused-ring (bicyclic) bond motifs is 1. The van der Waals surface area contributed by atoms with Crippen LogP contribution in [0.1, 0.15) is 12.6 Å². The number of benzene rings is 2. The van der Waals surface area contributed by atoms with Gasteiger partial charge < -0.3 is 5.32 Å². The van der Waals surface area contributed by atoms with Crippen molar-refractivity contribution in [3.8, 4) is 0 Å². The molecule has 0 aliphatic heterocycles. The zero-order chi connectivity index (χ0) is 18.7. The van der Waals surface area contributed by atoms with Gasteiger partial charge in [0.1, 0.15) is 5.69 Å². The SMILES string of the molecule is CC(Sc1nccc(C(F)(F)F)n1)C(=O)Nc1cccc2ccccc12. The third-order valence-electron chi connectivity index (χ3n) is 3.62. The van der Waals surface area contributed by atoms with E-state index >= 15 is 0 Å². The number of carbonyl (C=O) groups excluding carboxylic acids is 1. The van der Waals surface area contributed by atoms with Crippen LogP contribution in [0.3, 0.4) is 0 Å². The lowest BCUT2D eigenvalue weighted by Crippen LogP contribution is -2.23. The van der Waals surface area contributed by atoms with Crippen LogP contribution in [0.2, 0.25) is 0 Å². The van der Waals surface area contributed by atoms with Gasteiger partial charge in [0.05, 0.1) is 5.25 Å². The first-order valence-electron chi connectivity index (χ1n) is 7.70. The van der Waals surface area contributed by atoms with E-state index in [0.717, 1.165) is 34.8 Å². The lowest BCUT2D eigenvalue weighted by Gasteiger charge is -2.13. The molecule has 0 bridgehead atoms. The summed E-state index contributed by atoms with van der Waals surface area (Å²) in [6, 6.07) is 13.9. The molecule has 0 radical (unpaired) electrons. The summed E-state index contributed by atoms with van der Waals surface area (Å²) >= 11 is 0.872. The number of rotatable bonds is 4. The summed E-state index contributed by atoms with van der Waals surface area (Å²) in [7, 11) is 0. The maximum atomic E-state index is 12.7. The van der Waals surface area contributed by atoms with Crippen molar-refractivity contribution in [3.63, 3.8) is 0 Å². The summed E-state index contributed by atoms with van der Waals surface area (Å²) in [5.41, 5.74) is -0.387. The quantitative estimate of drug-likeness (QED) is 0.526. The lowest BCUT2D eigenvalue weighted by molar-refractivity contribution is -0.141. The van der Waals surface area contributed by atoms with Crippen LogP contribution in [0.25, 0.3) is 10.8 Å². The summed E-state index contributed by atoms with van der Waals surface area (Å²) in [5.74, 6) is -0.340. The van der Waals surface area contributed by atoms with Gasteiger partial charge in [0, 0.05) is 17.3 Å².